The van der Waals surface area contributed by atoms with Crippen molar-refractivity contribution in [2.45, 2.75) is 38.0 Å². The molecule has 1 aliphatic heterocycles. The zero-order chi connectivity index (χ0) is 14.3. The summed E-state index contributed by atoms with van der Waals surface area (Å²) >= 11 is 0. The molecular weight excluding hydrogens is 264 g/mol. The highest BCUT2D eigenvalue weighted by Crippen LogP contribution is 2.47. The molecule has 0 amide bonds. The van der Waals surface area contributed by atoms with Gasteiger partial charge in [0.15, 0.2) is 4.75 Å². The van der Waals surface area contributed by atoms with Gasteiger partial charge in [-0.05, 0) is 11.0 Å². The van der Waals surface area contributed by atoms with E-state index in [1.807, 2.05) is 51.1 Å². The van der Waals surface area contributed by atoms with Gasteiger partial charge in [0, 0.05) is 6.42 Å². The number of benzene rings is 1. The van der Waals surface area contributed by atoms with Crippen LogP contribution in [0.3, 0.4) is 0 Å². The molecule has 1 aromatic carbocycles. The predicted octanol–water partition coefficient (Wildman–Crippen LogP) is 1.94. The van der Waals surface area contributed by atoms with Crippen LogP contribution in [-0.4, -0.2) is 25.6 Å². The van der Waals surface area contributed by atoms with Gasteiger partial charge in [0.1, 0.15) is 12.4 Å². The van der Waals surface area contributed by atoms with Crippen LogP contribution >= 0.6 is 0 Å². The van der Waals surface area contributed by atoms with Crippen LogP contribution in [0.1, 0.15) is 26.3 Å². The Kier molecular flexibility index (Phi) is 3.31. The number of aldehydes is 1. The highest BCUT2D eigenvalue weighted by atomic mass is 32.2. The van der Waals surface area contributed by atoms with Crippen LogP contribution in [0.15, 0.2) is 30.3 Å². The fraction of sp³-hybridized carbons (Fsp3) is 0.500. The first-order valence-electron chi connectivity index (χ1n) is 6.16. The van der Waals surface area contributed by atoms with Crippen molar-refractivity contribution in [3.8, 4) is 0 Å². The lowest BCUT2D eigenvalue weighted by Gasteiger charge is -2.49. The zero-order valence-electron chi connectivity index (χ0n) is 11.3. The number of carbonyl (C=O) groups is 1. The third-order valence-electron chi connectivity index (χ3n) is 3.44. The highest BCUT2D eigenvalue weighted by molar-refractivity contribution is 7.90. The fourth-order valence-electron chi connectivity index (χ4n) is 2.52. The average molecular weight is 282 g/mol. The summed E-state index contributed by atoms with van der Waals surface area (Å²) in [7, 11) is -3.83. The van der Waals surface area contributed by atoms with Crippen LogP contribution in [0.5, 0.6) is 0 Å². The minimum Gasteiger partial charge on any atom is -0.301 e. The molecule has 0 saturated carbocycles. The summed E-state index contributed by atoms with van der Waals surface area (Å²) < 4.78 is 27.5. The van der Waals surface area contributed by atoms with Crippen molar-refractivity contribution in [2.24, 2.45) is 5.41 Å². The van der Waals surface area contributed by atoms with Crippen molar-refractivity contribution >= 4 is 16.4 Å². The quantitative estimate of drug-likeness (QED) is 0.628. The van der Waals surface area contributed by atoms with E-state index < -0.39 is 26.4 Å². The highest BCUT2D eigenvalue weighted by Gasteiger charge is 2.66. The van der Waals surface area contributed by atoms with Crippen LogP contribution < -0.4 is 0 Å². The van der Waals surface area contributed by atoms with Crippen molar-refractivity contribution in [3.63, 3.8) is 0 Å². The lowest BCUT2D eigenvalue weighted by molar-refractivity contribution is -0.118. The molecule has 1 heterocycles. The Hall–Kier alpha value is -1.20. The summed E-state index contributed by atoms with van der Waals surface area (Å²) in [4.78, 5) is 11.5. The third kappa shape index (κ3) is 2.21. The maximum absolute atomic E-state index is 12.0. The molecule has 0 bridgehead atoms. The van der Waals surface area contributed by atoms with E-state index in [9.17, 15) is 13.2 Å². The Labute approximate surface area is 113 Å². The van der Waals surface area contributed by atoms with Gasteiger partial charge in [-0.2, -0.15) is 8.42 Å². The Bertz CT molecular complexity index is 571. The Balaban J connectivity index is 2.42. The van der Waals surface area contributed by atoms with Gasteiger partial charge in [-0.25, -0.2) is 0 Å². The molecule has 0 spiro atoms. The summed E-state index contributed by atoms with van der Waals surface area (Å²) in [6.07, 6.45) is 0.0683. The van der Waals surface area contributed by atoms with Gasteiger partial charge in [0.25, 0.3) is 10.1 Å². The monoisotopic (exact) mass is 282 g/mol. The summed E-state index contributed by atoms with van der Waals surface area (Å²) in [6, 6.07) is 9.14. The van der Waals surface area contributed by atoms with Crippen molar-refractivity contribution in [1.82, 2.24) is 0 Å². The van der Waals surface area contributed by atoms with Gasteiger partial charge < -0.3 is 4.79 Å². The van der Waals surface area contributed by atoms with E-state index in [4.69, 9.17) is 4.18 Å². The molecule has 0 aromatic heterocycles. The fourth-order valence-corrected chi connectivity index (χ4v) is 4.40. The van der Waals surface area contributed by atoms with Gasteiger partial charge in [-0.15, -0.1) is 0 Å². The molecule has 1 aromatic rings. The number of hydrogen-bond donors (Lipinski definition) is 0. The van der Waals surface area contributed by atoms with Gasteiger partial charge in [-0.1, -0.05) is 51.1 Å². The molecule has 2 atom stereocenters. The average Bonchev–Trinajstić information content (AvgIpc) is 2.33. The third-order valence-corrected chi connectivity index (χ3v) is 5.27. The molecule has 0 radical (unpaired) electrons. The summed E-state index contributed by atoms with van der Waals surface area (Å²) in [6.45, 7) is 5.61. The van der Waals surface area contributed by atoms with Crippen LogP contribution in [-0.2, 0) is 25.5 Å². The predicted molar refractivity (Wildman–Crippen MR) is 72.2 cm³/mol. The Morgan fingerprint density at radius 1 is 1.26 bits per heavy atom. The van der Waals surface area contributed by atoms with Crippen molar-refractivity contribution < 1.29 is 17.4 Å². The molecular formula is C14H18O4S. The molecule has 5 heteroatoms. The molecule has 1 unspecified atom stereocenters. The molecule has 2 rings (SSSR count). The topological polar surface area (TPSA) is 60.4 Å². The van der Waals surface area contributed by atoms with Gasteiger partial charge in [-0.3, -0.25) is 4.18 Å². The van der Waals surface area contributed by atoms with Crippen LogP contribution in [0.2, 0.25) is 0 Å². The van der Waals surface area contributed by atoms with Crippen molar-refractivity contribution in [3.05, 3.63) is 35.9 Å². The SMILES string of the molecule is CC(C)(C)C1OS(=O)(=O)[C@@]1(C=O)Cc1ccccc1. The van der Waals surface area contributed by atoms with Gasteiger partial charge >= 0.3 is 0 Å². The normalized spacial score (nSPS) is 29.5. The van der Waals surface area contributed by atoms with E-state index in [-0.39, 0.29) is 6.42 Å². The van der Waals surface area contributed by atoms with E-state index in [1.165, 1.54) is 0 Å². The molecule has 0 aliphatic carbocycles. The largest absolute Gasteiger partial charge is 0.301 e. The lowest BCUT2D eigenvalue weighted by atomic mass is 9.78. The van der Waals surface area contributed by atoms with Crippen molar-refractivity contribution in [2.75, 3.05) is 0 Å². The maximum atomic E-state index is 12.0. The second-order valence-electron chi connectivity index (χ2n) is 6.03. The van der Waals surface area contributed by atoms with Crippen LogP contribution in [0.25, 0.3) is 0 Å². The Morgan fingerprint density at radius 2 is 1.84 bits per heavy atom. The van der Waals surface area contributed by atoms with E-state index in [0.29, 0.717) is 6.29 Å². The molecule has 104 valence electrons. The second-order valence-corrected chi connectivity index (χ2v) is 7.89. The van der Waals surface area contributed by atoms with Gasteiger partial charge in [0.2, 0.25) is 0 Å². The first-order valence-corrected chi connectivity index (χ1v) is 7.57. The van der Waals surface area contributed by atoms with E-state index >= 15 is 0 Å². The van der Waals surface area contributed by atoms with Crippen LogP contribution in [0.4, 0.5) is 0 Å². The van der Waals surface area contributed by atoms with E-state index in [1.54, 1.807) is 0 Å². The van der Waals surface area contributed by atoms with Crippen molar-refractivity contribution in [1.29, 1.82) is 0 Å². The maximum Gasteiger partial charge on any atom is 0.283 e. The summed E-state index contributed by atoms with van der Waals surface area (Å²) in [5.41, 5.74) is 0.400. The minimum atomic E-state index is -3.83. The van der Waals surface area contributed by atoms with E-state index in [0.717, 1.165) is 5.56 Å². The number of carbonyl (C=O) groups excluding carboxylic acids is 1. The molecule has 1 aliphatic rings. The number of hydrogen-bond acceptors (Lipinski definition) is 4. The van der Waals surface area contributed by atoms with E-state index in [2.05, 4.69) is 0 Å². The van der Waals surface area contributed by atoms with Crippen LogP contribution in [0, 0.1) is 5.41 Å². The smallest absolute Gasteiger partial charge is 0.283 e. The first kappa shape index (κ1) is 14.2. The first-order chi connectivity index (χ1) is 8.73. The number of rotatable bonds is 3. The lowest BCUT2D eigenvalue weighted by Crippen LogP contribution is -2.68. The standard InChI is InChI=1S/C14H18O4S/c1-13(2,3)12-14(10-15,19(16,17)18-12)9-11-7-5-4-6-8-11/h4-8,10,12H,9H2,1-3H3/t12?,14-/m1/s1. The second kappa shape index (κ2) is 4.42. The molecule has 1 saturated heterocycles. The summed E-state index contributed by atoms with van der Waals surface area (Å²) in [5.74, 6) is 0. The molecule has 4 nitrogen and oxygen atoms in total. The minimum absolute atomic E-state index is 0.154. The Morgan fingerprint density at radius 3 is 2.26 bits per heavy atom. The zero-order valence-corrected chi connectivity index (χ0v) is 12.1. The molecule has 1 fully saturated rings. The molecule has 0 N–H and O–H groups in total. The molecule has 19 heavy (non-hydrogen) atoms. The summed E-state index contributed by atoms with van der Waals surface area (Å²) in [5, 5.41) is 0. The van der Waals surface area contributed by atoms with Gasteiger partial charge in [0.05, 0.1) is 0 Å².